The third kappa shape index (κ3) is 4.85. The molecular weight excluding hydrogens is 280 g/mol. The lowest BCUT2D eigenvalue weighted by Crippen LogP contribution is -2.59. The maximum absolute atomic E-state index is 12.3. The normalized spacial score (nSPS) is 28.7. The molecule has 2 rings (SSSR count). The fourth-order valence-electron chi connectivity index (χ4n) is 3.42. The lowest BCUT2D eigenvalue weighted by atomic mass is 9.97. The SMILES string of the molecule is C[C@@H]1CN(C(=O)OC(C)(C)C)C[C@H](C)N1CC1CCOCC1. The highest BCUT2D eigenvalue weighted by Crippen LogP contribution is 2.23. The minimum absolute atomic E-state index is 0.183. The van der Waals surface area contributed by atoms with E-state index in [1.165, 1.54) is 0 Å². The largest absolute Gasteiger partial charge is 0.444 e. The van der Waals surface area contributed by atoms with Gasteiger partial charge in [0.1, 0.15) is 5.60 Å². The molecule has 0 bridgehead atoms. The monoisotopic (exact) mass is 312 g/mol. The first kappa shape index (κ1) is 17.5. The predicted octanol–water partition coefficient (Wildman–Crippen LogP) is 2.74. The van der Waals surface area contributed by atoms with Gasteiger partial charge in [0, 0.05) is 44.9 Å². The number of nitrogens with zero attached hydrogens (tertiary/aromatic N) is 2. The Labute approximate surface area is 134 Å². The van der Waals surface area contributed by atoms with Gasteiger partial charge >= 0.3 is 6.09 Å². The highest BCUT2D eigenvalue weighted by Gasteiger charge is 2.35. The van der Waals surface area contributed by atoms with Gasteiger partial charge in [-0.2, -0.15) is 0 Å². The molecule has 2 fully saturated rings. The molecule has 0 aromatic heterocycles. The average molecular weight is 312 g/mol. The second-order valence-electron chi connectivity index (χ2n) is 7.84. The van der Waals surface area contributed by atoms with E-state index in [1.54, 1.807) is 0 Å². The number of hydrogen-bond donors (Lipinski definition) is 0. The van der Waals surface area contributed by atoms with Crippen LogP contribution in [0.3, 0.4) is 0 Å². The second-order valence-corrected chi connectivity index (χ2v) is 7.84. The zero-order chi connectivity index (χ0) is 16.3. The standard InChI is InChI=1S/C17H32N2O3/c1-13-10-18(16(20)22-17(3,4)5)11-14(2)19(13)12-15-6-8-21-9-7-15/h13-15H,6-12H2,1-5H3/t13-,14+. The number of amides is 1. The van der Waals surface area contributed by atoms with Crippen LogP contribution in [0.15, 0.2) is 0 Å². The maximum Gasteiger partial charge on any atom is 0.410 e. The highest BCUT2D eigenvalue weighted by atomic mass is 16.6. The molecule has 1 amide bonds. The summed E-state index contributed by atoms with van der Waals surface area (Å²) < 4.78 is 11.0. The fourth-order valence-corrected chi connectivity index (χ4v) is 3.42. The molecule has 2 aliphatic heterocycles. The van der Waals surface area contributed by atoms with E-state index in [1.807, 2.05) is 25.7 Å². The van der Waals surface area contributed by atoms with Gasteiger partial charge in [0.05, 0.1) is 0 Å². The first-order valence-corrected chi connectivity index (χ1v) is 8.57. The number of carbonyl (C=O) groups excluding carboxylic acids is 1. The molecule has 2 atom stereocenters. The molecule has 2 saturated heterocycles. The molecule has 5 nitrogen and oxygen atoms in total. The van der Waals surface area contributed by atoms with Crippen LogP contribution in [0.4, 0.5) is 4.79 Å². The number of piperazine rings is 1. The fraction of sp³-hybridized carbons (Fsp3) is 0.941. The van der Waals surface area contributed by atoms with Crippen LogP contribution >= 0.6 is 0 Å². The van der Waals surface area contributed by atoms with Crippen LogP contribution in [-0.4, -0.2) is 66.4 Å². The Bertz CT molecular complexity index is 363. The van der Waals surface area contributed by atoms with Gasteiger partial charge in [0.25, 0.3) is 0 Å². The van der Waals surface area contributed by atoms with Gasteiger partial charge in [0.15, 0.2) is 0 Å². The van der Waals surface area contributed by atoms with Crippen LogP contribution in [0.2, 0.25) is 0 Å². The molecule has 0 aliphatic carbocycles. The number of rotatable bonds is 2. The average Bonchev–Trinajstić information content (AvgIpc) is 2.42. The van der Waals surface area contributed by atoms with Crippen LogP contribution in [0.1, 0.15) is 47.5 Å². The van der Waals surface area contributed by atoms with Crippen molar-refractivity contribution >= 4 is 6.09 Å². The van der Waals surface area contributed by atoms with Crippen molar-refractivity contribution < 1.29 is 14.3 Å². The van der Waals surface area contributed by atoms with Crippen LogP contribution in [-0.2, 0) is 9.47 Å². The molecule has 0 unspecified atom stereocenters. The van der Waals surface area contributed by atoms with Crippen molar-refractivity contribution in [2.75, 3.05) is 32.8 Å². The molecule has 0 spiro atoms. The van der Waals surface area contributed by atoms with Gasteiger partial charge in [-0.25, -0.2) is 4.79 Å². The van der Waals surface area contributed by atoms with Crippen molar-refractivity contribution in [1.29, 1.82) is 0 Å². The molecule has 0 saturated carbocycles. The van der Waals surface area contributed by atoms with E-state index < -0.39 is 5.60 Å². The topological polar surface area (TPSA) is 42.0 Å². The molecule has 128 valence electrons. The van der Waals surface area contributed by atoms with Crippen molar-refractivity contribution in [1.82, 2.24) is 9.80 Å². The molecule has 0 radical (unpaired) electrons. The lowest BCUT2D eigenvalue weighted by molar-refractivity contribution is -0.0190. The number of carbonyl (C=O) groups is 1. The Morgan fingerprint density at radius 2 is 1.68 bits per heavy atom. The summed E-state index contributed by atoms with van der Waals surface area (Å²) in [7, 11) is 0. The Hall–Kier alpha value is -0.810. The first-order chi connectivity index (χ1) is 10.3. The maximum atomic E-state index is 12.3. The van der Waals surface area contributed by atoms with Crippen LogP contribution in [0.25, 0.3) is 0 Å². The second kappa shape index (κ2) is 7.18. The third-order valence-electron chi connectivity index (χ3n) is 4.56. The molecule has 2 heterocycles. The quantitative estimate of drug-likeness (QED) is 0.786. The van der Waals surface area contributed by atoms with Crippen molar-refractivity contribution in [3.8, 4) is 0 Å². The summed E-state index contributed by atoms with van der Waals surface area (Å²) >= 11 is 0. The van der Waals surface area contributed by atoms with E-state index in [0.717, 1.165) is 51.6 Å². The molecule has 0 aromatic carbocycles. The predicted molar refractivity (Wildman–Crippen MR) is 87.0 cm³/mol. The van der Waals surface area contributed by atoms with Crippen molar-refractivity contribution in [3.63, 3.8) is 0 Å². The van der Waals surface area contributed by atoms with Gasteiger partial charge in [0.2, 0.25) is 0 Å². The van der Waals surface area contributed by atoms with Crippen LogP contribution in [0.5, 0.6) is 0 Å². The van der Waals surface area contributed by atoms with Crippen LogP contribution in [0, 0.1) is 5.92 Å². The Morgan fingerprint density at radius 3 is 2.18 bits per heavy atom. The smallest absolute Gasteiger partial charge is 0.410 e. The summed E-state index contributed by atoms with van der Waals surface area (Å²) in [4.78, 5) is 16.7. The Morgan fingerprint density at radius 1 is 1.14 bits per heavy atom. The van der Waals surface area contributed by atoms with E-state index in [0.29, 0.717) is 12.1 Å². The Kier molecular flexibility index (Phi) is 5.72. The summed E-state index contributed by atoms with van der Waals surface area (Å²) in [6, 6.07) is 0.748. The zero-order valence-corrected chi connectivity index (χ0v) is 14.8. The molecular formula is C17H32N2O3. The van der Waals surface area contributed by atoms with Crippen molar-refractivity contribution in [2.45, 2.75) is 65.1 Å². The molecule has 0 N–H and O–H groups in total. The van der Waals surface area contributed by atoms with E-state index in [4.69, 9.17) is 9.47 Å². The van der Waals surface area contributed by atoms with Gasteiger partial charge in [-0.05, 0) is 53.4 Å². The van der Waals surface area contributed by atoms with Gasteiger partial charge in [-0.3, -0.25) is 4.90 Å². The van der Waals surface area contributed by atoms with E-state index in [9.17, 15) is 4.79 Å². The van der Waals surface area contributed by atoms with Gasteiger partial charge in [-0.15, -0.1) is 0 Å². The first-order valence-electron chi connectivity index (χ1n) is 8.57. The minimum atomic E-state index is -0.428. The number of ether oxygens (including phenoxy) is 2. The molecule has 0 aromatic rings. The van der Waals surface area contributed by atoms with Crippen molar-refractivity contribution in [2.24, 2.45) is 5.92 Å². The lowest BCUT2D eigenvalue weighted by Gasteiger charge is -2.46. The molecule has 5 heteroatoms. The number of hydrogen-bond acceptors (Lipinski definition) is 4. The third-order valence-corrected chi connectivity index (χ3v) is 4.56. The summed E-state index contributed by atoms with van der Waals surface area (Å²) in [5, 5.41) is 0. The molecule has 22 heavy (non-hydrogen) atoms. The van der Waals surface area contributed by atoms with Crippen molar-refractivity contribution in [3.05, 3.63) is 0 Å². The Balaban J connectivity index is 1.89. The van der Waals surface area contributed by atoms with E-state index >= 15 is 0 Å². The van der Waals surface area contributed by atoms with E-state index in [2.05, 4.69) is 18.7 Å². The summed E-state index contributed by atoms with van der Waals surface area (Å²) in [6.45, 7) is 14.6. The van der Waals surface area contributed by atoms with Gasteiger partial charge in [-0.1, -0.05) is 0 Å². The minimum Gasteiger partial charge on any atom is -0.444 e. The van der Waals surface area contributed by atoms with E-state index in [-0.39, 0.29) is 6.09 Å². The molecule has 2 aliphatic rings. The zero-order valence-electron chi connectivity index (χ0n) is 14.8. The summed E-state index contributed by atoms with van der Waals surface area (Å²) in [5.74, 6) is 0.728. The van der Waals surface area contributed by atoms with Crippen LogP contribution < -0.4 is 0 Å². The highest BCUT2D eigenvalue weighted by molar-refractivity contribution is 5.68. The van der Waals surface area contributed by atoms with Gasteiger partial charge < -0.3 is 14.4 Å². The summed E-state index contributed by atoms with van der Waals surface area (Å²) in [6.07, 6.45) is 2.13. The summed E-state index contributed by atoms with van der Waals surface area (Å²) in [5.41, 5.74) is -0.428.